The normalized spacial score (nSPS) is 12.3. The van der Waals surface area contributed by atoms with Crippen LogP contribution in [0.15, 0.2) is 146 Å². The van der Waals surface area contributed by atoms with Crippen molar-refractivity contribution in [1.82, 2.24) is 0 Å². The molecule has 368 valence electrons. The average Bonchev–Trinajstić information content (AvgIpc) is 3.95. The summed E-state index contributed by atoms with van der Waals surface area (Å²) in [5.41, 5.74) is 19.2. The molecule has 0 radical (unpaired) electrons. The molecule has 0 fully saturated rings. The van der Waals surface area contributed by atoms with Crippen molar-refractivity contribution < 1.29 is 18.0 Å². The number of hydrogen-bond acceptors (Lipinski definition) is 0. The van der Waals surface area contributed by atoms with E-state index in [2.05, 4.69) is 269 Å². The second-order valence-electron chi connectivity index (χ2n) is 24.4. The molecule has 8 aromatic rings. The van der Waals surface area contributed by atoms with Gasteiger partial charge in [-0.3, -0.25) is 0 Å². The van der Waals surface area contributed by atoms with E-state index in [0.717, 1.165) is 0 Å². The number of rotatable bonds is 6. The Morgan fingerprint density at radius 1 is 0.371 bits per heavy atom. The van der Waals surface area contributed by atoms with Gasteiger partial charge >= 0.3 is 53.5 Å². The third-order valence-electron chi connectivity index (χ3n) is 13.8. The summed E-state index contributed by atoms with van der Waals surface area (Å²) in [7, 11) is 11.2. The maximum absolute atomic E-state index is 5.62. The van der Waals surface area contributed by atoms with Gasteiger partial charge in [0.1, 0.15) is 0 Å². The van der Waals surface area contributed by atoms with Crippen LogP contribution in [0.5, 0.6) is 0 Å². The van der Waals surface area contributed by atoms with Gasteiger partial charge in [-0.05, 0) is 66.9 Å². The summed E-state index contributed by atoms with van der Waals surface area (Å²) >= 11 is -1.65. The van der Waals surface area contributed by atoms with Gasteiger partial charge in [0.2, 0.25) is 0 Å². The molecule has 0 aromatic heterocycles. The van der Waals surface area contributed by atoms with Crippen LogP contribution in [-0.2, 0) is 39.6 Å². The van der Waals surface area contributed by atoms with Gasteiger partial charge in [-0.2, -0.15) is 12.1 Å². The standard InChI is InChI=1S/2C32H37.C2H6Si.2ClH.Zr/c2*1-21(2)24-19-29-27(22-9-13-25(14-10-22)31(3,4)5)17-18-28(30(29)20-24)23-11-15-26(16-12-23)32(6,7)8;1-3-2;;;/h2*9-21H,1-8H3;1-2H3;2*1H;/q2*-1;;;;+2/p-2. The van der Waals surface area contributed by atoms with Crippen molar-refractivity contribution in [1.29, 1.82) is 0 Å². The Hall–Kier alpha value is -3.78. The van der Waals surface area contributed by atoms with Crippen molar-refractivity contribution in [2.24, 2.45) is 0 Å². The second-order valence-corrected chi connectivity index (χ2v) is 47.4. The van der Waals surface area contributed by atoms with Crippen molar-refractivity contribution in [3.05, 3.63) is 179 Å². The number of halogens is 2. The van der Waals surface area contributed by atoms with Crippen molar-refractivity contribution in [2.75, 3.05) is 0 Å². The molecule has 0 nitrogen and oxygen atoms in total. The monoisotopic (exact) mass is 1060 g/mol. The molecule has 0 saturated carbocycles. The second kappa shape index (κ2) is 22.1. The van der Waals surface area contributed by atoms with E-state index < -0.39 is 18.0 Å². The summed E-state index contributed by atoms with van der Waals surface area (Å²) < 4.78 is 0. The third-order valence-corrected chi connectivity index (χ3v) is 33.5. The summed E-state index contributed by atoms with van der Waals surface area (Å²) in [6.45, 7) is 40.7. The molecule has 0 spiro atoms. The van der Waals surface area contributed by atoms with Gasteiger partial charge in [0, 0.05) is 0 Å². The van der Waals surface area contributed by atoms with E-state index in [9.17, 15) is 0 Å². The van der Waals surface area contributed by atoms with Crippen molar-refractivity contribution in [3.8, 4) is 44.5 Å². The summed E-state index contributed by atoms with van der Waals surface area (Å²) in [5.74, 6) is 1.02. The van der Waals surface area contributed by atoms with E-state index in [1.807, 2.05) is 0 Å². The molecule has 0 saturated heterocycles. The molecule has 8 aromatic carbocycles. The zero-order valence-corrected chi connectivity index (χ0v) is 50.7. The van der Waals surface area contributed by atoms with E-state index >= 15 is 0 Å². The van der Waals surface area contributed by atoms with Gasteiger partial charge in [-0.1, -0.05) is 265 Å². The van der Waals surface area contributed by atoms with Crippen molar-refractivity contribution in [3.63, 3.8) is 0 Å². The average molecular weight is 1060 g/mol. The van der Waals surface area contributed by atoms with Crippen LogP contribution in [0.4, 0.5) is 0 Å². The molecule has 0 aliphatic rings. The quantitative estimate of drug-likeness (QED) is 0.115. The summed E-state index contributed by atoms with van der Waals surface area (Å²) in [6, 6.07) is 55.4. The van der Waals surface area contributed by atoms with Gasteiger partial charge in [-0.25, -0.2) is 0 Å². The molecule has 0 heterocycles. The van der Waals surface area contributed by atoms with Gasteiger partial charge in [0.15, 0.2) is 0 Å². The van der Waals surface area contributed by atoms with Gasteiger partial charge in [0.05, 0.1) is 0 Å². The van der Waals surface area contributed by atoms with Gasteiger partial charge in [0.25, 0.3) is 0 Å². The number of benzene rings is 6. The van der Waals surface area contributed by atoms with Crippen LogP contribution >= 0.6 is 17.0 Å². The van der Waals surface area contributed by atoms with Crippen LogP contribution in [0.2, 0.25) is 13.1 Å². The summed E-state index contributed by atoms with van der Waals surface area (Å²) in [4.78, 5) is 0. The first-order chi connectivity index (χ1) is 32.5. The first-order valence-corrected chi connectivity index (χ1v) is 37.9. The Morgan fingerprint density at radius 3 is 0.786 bits per heavy atom. The van der Waals surface area contributed by atoms with Crippen LogP contribution in [0.1, 0.15) is 156 Å². The summed E-state index contributed by atoms with van der Waals surface area (Å²) in [6.07, 6.45) is 0. The Balaban J connectivity index is 0.000000206. The van der Waals surface area contributed by atoms with E-state index in [4.69, 9.17) is 17.0 Å². The van der Waals surface area contributed by atoms with Crippen LogP contribution in [0.25, 0.3) is 66.1 Å². The van der Waals surface area contributed by atoms with Crippen LogP contribution in [0, 0.1) is 0 Å². The van der Waals surface area contributed by atoms with Gasteiger partial charge in [-0.15, -0.1) is 44.8 Å². The molecule has 0 aliphatic carbocycles. The molecule has 0 bridgehead atoms. The molecular weight excluding hydrogens is 983 g/mol. The Labute approximate surface area is 439 Å². The minimum absolute atomic E-state index is 0.169. The van der Waals surface area contributed by atoms with Crippen LogP contribution in [0.3, 0.4) is 0 Å². The Kier molecular flexibility index (Phi) is 17.6. The van der Waals surface area contributed by atoms with E-state index in [1.54, 1.807) is 0 Å². The fourth-order valence-electron chi connectivity index (χ4n) is 8.92. The number of hydrogen-bond donors (Lipinski definition) is 0. The first kappa shape index (κ1) is 55.5. The fourth-order valence-corrected chi connectivity index (χ4v) is 8.92. The molecule has 0 amide bonds. The molecule has 70 heavy (non-hydrogen) atoms. The maximum atomic E-state index is 5.62. The summed E-state index contributed by atoms with van der Waals surface area (Å²) in [5, 5.41) is 5.42. The predicted octanol–water partition coefficient (Wildman–Crippen LogP) is 21.4. The van der Waals surface area contributed by atoms with E-state index in [1.165, 1.54) is 99.4 Å². The first-order valence-electron chi connectivity index (χ1n) is 25.4. The fraction of sp³-hybridized carbons (Fsp3) is 0.364. The zero-order chi connectivity index (χ0) is 51.7. The molecule has 0 unspecified atom stereocenters. The zero-order valence-electron chi connectivity index (χ0n) is 45.8. The van der Waals surface area contributed by atoms with Crippen LogP contribution in [-0.4, -0.2) is 5.43 Å². The Morgan fingerprint density at radius 2 is 0.586 bits per heavy atom. The molecule has 4 heteroatoms. The van der Waals surface area contributed by atoms with E-state index in [-0.39, 0.29) is 27.1 Å². The van der Waals surface area contributed by atoms with Crippen LogP contribution < -0.4 is 0 Å². The third kappa shape index (κ3) is 13.4. The molecule has 8 rings (SSSR count). The topological polar surface area (TPSA) is 0 Å². The Bertz CT molecular complexity index is 2640. The van der Waals surface area contributed by atoms with Crippen molar-refractivity contribution >= 4 is 44.0 Å². The van der Waals surface area contributed by atoms with Crippen molar-refractivity contribution in [2.45, 2.75) is 157 Å². The molecular formula is C66H80Cl2SiZr-2. The van der Waals surface area contributed by atoms with E-state index in [0.29, 0.717) is 11.8 Å². The minimum atomic E-state index is -1.65. The predicted molar refractivity (Wildman–Crippen MR) is 313 cm³/mol. The molecule has 0 aliphatic heterocycles. The molecule has 0 atom stereocenters. The SMILES string of the molecule is CC(C)c1cc2c(-c3ccc(C(C)(C)C)cc3)ccc(-c3ccc(C(C)(C)C)cc3)c2[cH-]1.CC(C)c1cc2c(-c3ccc(C(C)(C)C)cc3)ccc(-c3ccc(C(C)(C)C)cc3)c2[cH-]1.C[Si](C)=[Zr]([Cl])[Cl]. The van der Waals surface area contributed by atoms with Gasteiger partial charge < -0.3 is 0 Å². The number of fused-ring (bicyclic) bond motifs is 2. The molecule has 0 N–H and O–H groups in total.